The number of aliphatic hydroxyl groups is 8. The van der Waals surface area contributed by atoms with Gasteiger partial charge in [0, 0.05) is 17.0 Å². The molecular weight excluding hydrogens is 808 g/mol. The first-order valence-corrected chi connectivity index (χ1v) is 20.5. The Morgan fingerprint density at radius 1 is 0.661 bits per heavy atom. The van der Waals surface area contributed by atoms with Crippen LogP contribution in [0.3, 0.4) is 0 Å². The van der Waals surface area contributed by atoms with E-state index in [9.17, 15) is 60.7 Å². The van der Waals surface area contributed by atoms with Crippen molar-refractivity contribution in [2.75, 3.05) is 26.4 Å². The topological polar surface area (TPSA) is 273 Å². The van der Waals surface area contributed by atoms with Crippen molar-refractivity contribution in [1.29, 1.82) is 0 Å². The normalized spacial score (nSPS) is 26.3. The molecule has 2 fully saturated rings. The van der Waals surface area contributed by atoms with Crippen LogP contribution >= 0.6 is 0 Å². The quantitative estimate of drug-likeness (QED) is 0.0508. The molecule has 2 aliphatic heterocycles. The second-order valence-electron chi connectivity index (χ2n) is 15.9. The number of ether oxygens (including phenoxy) is 4. The third-order valence-electron chi connectivity index (χ3n) is 11.4. The lowest BCUT2D eigenvalue weighted by Crippen LogP contribution is -2.64. The molecule has 0 amide bonds. The van der Waals surface area contributed by atoms with Crippen molar-refractivity contribution >= 4 is 11.9 Å². The van der Waals surface area contributed by atoms with Gasteiger partial charge in [-0.05, 0) is 64.1 Å². The summed E-state index contributed by atoms with van der Waals surface area (Å²) >= 11 is 0. The van der Waals surface area contributed by atoms with Crippen LogP contribution in [0.4, 0.5) is 0 Å². The molecule has 16 nitrogen and oxygen atoms in total. The van der Waals surface area contributed by atoms with Crippen molar-refractivity contribution in [3.8, 4) is 33.8 Å². The average Bonchev–Trinajstić information content (AvgIpc) is 3.24. The molecule has 0 bridgehead atoms. The van der Waals surface area contributed by atoms with Gasteiger partial charge in [-0.1, -0.05) is 86.8 Å². The number of aliphatic carboxylic acids is 2. The van der Waals surface area contributed by atoms with Gasteiger partial charge in [-0.3, -0.25) is 9.59 Å². The Balaban J connectivity index is 1.48. The van der Waals surface area contributed by atoms with E-state index in [1.54, 1.807) is 72.8 Å². The van der Waals surface area contributed by atoms with E-state index in [0.29, 0.717) is 39.8 Å². The first-order valence-electron chi connectivity index (χ1n) is 20.5. The summed E-state index contributed by atoms with van der Waals surface area (Å²) in [6.07, 6.45) is -6.83. The van der Waals surface area contributed by atoms with Crippen LogP contribution in [0.15, 0.2) is 84.9 Å². The zero-order valence-corrected chi connectivity index (χ0v) is 34.1. The van der Waals surface area contributed by atoms with Gasteiger partial charge < -0.3 is 70.0 Å². The Kier molecular flexibility index (Phi) is 15.0. The van der Waals surface area contributed by atoms with E-state index >= 15 is 0 Å². The molecule has 0 radical (unpaired) electrons. The van der Waals surface area contributed by atoms with Crippen molar-refractivity contribution < 1.29 is 79.6 Å². The van der Waals surface area contributed by atoms with Crippen molar-refractivity contribution in [3.63, 3.8) is 0 Å². The molecule has 6 rings (SSSR count). The van der Waals surface area contributed by atoms with Crippen LogP contribution in [0.25, 0.3) is 22.3 Å². The molecule has 0 spiro atoms. The summed E-state index contributed by atoms with van der Waals surface area (Å²) in [4.78, 5) is 23.4. The highest BCUT2D eigenvalue weighted by molar-refractivity contribution is 5.77. The van der Waals surface area contributed by atoms with E-state index in [-0.39, 0.29) is 30.3 Å². The van der Waals surface area contributed by atoms with Crippen molar-refractivity contribution in [2.45, 2.75) is 99.6 Å². The van der Waals surface area contributed by atoms with E-state index in [4.69, 9.17) is 18.9 Å². The molecule has 10 N–H and O–H groups in total. The van der Waals surface area contributed by atoms with Gasteiger partial charge in [-0.25, -0.2) is 0 Å². The average molecular weight is 863 g/mol. The lowest BCUT2D eigenvalue weighted by molar-refractivity contribution is -0.307. The first kappa shape index (κ1) is 46.5. The number of aliphatic hydroxyl groups excluding tert-OH is 6. The van der Waals surface area contributed by atoms with E-state index in [1.165, 1.54) is 0 Å². The molecule has 334 valence electrons. The molecule has 0 aromatic heterocycles. The number of hydrogen-bond donors (Lipinski definition) is 10. The van der Waals surface area contributed by atoms with E-state index in [2.05, 4.69) is 6.92 Å². The minimum Gasteiger partial charge on any atom is -0.481 e. The van der Waals surface area contributed by atoms with Gasteiger partial charge in [0.1, 0.15) is 61.3 Å². The number of hydrogen-bond acceptors (Lipinski definition) is 14. The summed E-state index contributed by atoms with van der Waals surface area (Å²) in [7, 11) is 0. The first-order chi connectivity index (χ1) is 29.6. The van der Waals surface area contributed by atoms with Crippen LogP contribution in [0, 0.1) is 0 Å². The van der Waals surface area contributed by atoms with Crippen LogP contribution in [0.2, 0.25) is 0 Å². The summed E-state index contributed by atoms with van der Waals surface area (Å²) in [6.45, 7) is -0.351. The zero-order valence-electron chi connectivity index (χ0n) is 34.1. The maximum Gasteiger partial charge on any atom is 0.307 e. The fraction of sp³-hybridized carbons (Fsp3) is 0.435. The molecule has 0 saturated carbocycles. The van der Waals surface area contributed by atoms with Crippen LogP contribution in [0.5, 0.6) is 11.5 Å². The minimum atomic E-state index is -2.45. The molecule has 4 aromatic carbocycles. The Labute approximate surface area is 357 Å². The lowest BCUT2D eigenvalue weighted by Gasteiger charge is -2.42. The fourth-order valence-corrected chi connectivity index (χ4v) is 7.97. The molecule has 2 heterocycles. The molecule has 8 atom stereocenters. The van der Waals surface area contributed by atoms with Crippen molar-refractivity contribution in [1.82, 2.24) is 0 Å². The molecule has 4 aromatic rings. The van der Waals surface area contributed by atoms with Gasteiger partial charge in [0.2, 0.25) is 0 Å². The van der Waals surface area contributed by atoms with Crippen LogP contribution in [-0.2, 0) is 31.9 Å². The Morgan fingerprint density at radius 3 is 1.48 bits per heavy atom. The van der Waals surface area contributed by atoms with E-state index in [0.717, 1.165) is 30.4 Å². The lowest BCUT2D eigenvalue weighted by atomic mass is 9.83. The predicted molar refractivity (Wildman–Crippen MR) is 221 cm³/mol. The predicted octanol–water partition coefficient (Wildman–Crippen LogP) is 2.35. The van der Waals surface area contributed by atoms with Gasteiger partial charge in [-0.15, -0.1) is 0 Å². The van der Waals surface area contributed by atoms with Crippen LogP contribution in [-0.4, -0.2) is 138 Å². The molecule has 0 aliphatic carbocycles. The number of benzene rings is 4. The van der Waals surface area contributed by atoms with Crippen LogP contribution < -0.4 is 9.47 Å². The summed E-state index contributed by atoms with van der Waals surface area (Å²) < 4.78 is 23.1. The van der Waals surface area contributed by atoms with Gasteiger partial charge in [0.05, 0.1) is 26.1 Å². The Hall–Kier alpha value is -4.98. The number of unbranched alkanes of at least 4 members (excludes halogenated alkanes) is 2. The number of carboxylic acid groups (broad SMARTS) is 2. The van der Waals surface area contributed by atoms with E-state index in [1.807, 2.05) is 12.1 Å². The van der Waals surface area contributed by atoms with Crippen molar-refractivity contribution in [3.05, 3.63) is 107 Å². The highest BCUT2D eigenvalue weighted by atomic mass is 16.7. The molecular formula is C46H54O16. The largest absolute Gasteiger partial charge is 0.481 e. The smallest absolute Gasteiger partial charge is 0.307 e. The summed E-state index contributed by atoms with van der Waals surface area (Å²) in [5.74, 6) is -7.21. The monoisotopic (exact) mass is 862 g/mol. The second-order valence-corrected chi connectivity index (χ2v) is 15.9. The van der Waals surface area contributed by atoms with Gasteiger partial charge >= 0.3 is 11.9 Å². The molecule has 2 aliphatic rings. The standard InChI is InChI=1S/C46H54O16/c1-2-3-4-11-32(30-12-14-35(61-45(57)24-59-37(22-47)41(53)43(45)55)33(20-30)28-9-5-7-26(16-28)18-39(49)50)31-13-15-36(62-46(58)25-60-38(23-48)42(54)44(46)56)34(21-31)29-10-6-8-27(17-29)19-40(51)52/h5-10,12-17,20-21,32,37-38,41-44,47-48,53-58H,2-4,11,18-19,22-25H2,1H3,(H,49,50)(H,51,52)/t37-,38-,41-,42-,43+,44+,45-,46-/m1/s1. The van der Waals surface area contributed by atoms with Gasteiger partial charge in [0.15, 0.2) is 0 Å². The minimum absolute atomic E-state index is 0.0696. The van der Waals surface area contributed by atoms with E-state index < -0.39 is 86.6 Å². The molecule has 16 heteroatoms. The third kappa shape index (κ3) is 10.4. The molecule has 62 heavy (non-hydrogen) atoms. The van der Waals surface area contributed by atoms with Gasteiger partial charge in [-0.2, -0.15) is 0 Å². The second kappa shape index (κ2) is 20.0. The van der Waals surface area contributed by atoms with Crippen LogP contribution in [0.1, 0.15) is 60.8 Å². The Bertz CT molecular complexity index is 2030. The number of carboxylic acids is 2. The SMILES string of the molecule is CCCCCC(c1ccc(O[C@]2(O)CO[C@H](CO)[C@@H](O)[C@@H]2O)c(-c2cccc(CC(=O)O)c2)c1)c1ccc(O[C@]2(O)CO[C@H](CO)[C@@H](O)[C@@H]2O)c(-c2cccc(CC(=O)O)c2)c1. The molecule has 0 unspecified atom stereocenters. The van der Waals surface area contributed by atoms with Gasteiger partial charge in [0.25, 0.3) is 11.6 Å². The molecule has 2 saturated heterocycles. The third-order valence-corrected chi connectivity index (χ3v) is 11.4. The fourth-order valence-electron chi connectivity index (χ4n) is 7.97. The highest BCUT2D eigenvalue weighted by Crippen LogP contribution is 2.43. The Morgan fingerprint density at radius 2 is 1.10 bits per heavy atom. The number of rotatable bonds is 18. The maximum atomic E-state index is 11.7. The maximum absolute atomic E-state index is 11.7. The summed E-state index contributed by atoms with van der Waals surface area (Å²) in [6, 6.07) is 23.9. The highest BCUT2D eigenvalue weighted by Gasteiger charge is 2.52. The summed E-state index contributed by atoms with van der Waals surface area (Å²) in [5.41, 5.74) is 4.32. The number of carbonyl (C=O) groups is 2. The summed E-state index contributed by atoms with van der Waals surface area (Å²) in [5, 5.41) is 105. The van der Waals surface area contributed by atoms with Crippen molar-refractivity contribution in [2.24, 2.45) is 0 Å². The zero-order chi connectivity index (χ0) is 44.8.